The van der Waals surface area contributed by atoms with Gasteiger partial charge in [0.2, 0.25) is 0 Å². The summed E-state index contributed by atoms with van der Waals surface area (Å²) in [5, 5.41) is 9.39. The van der Waals surface area contributed by atoms with Crippen LogP contribution in [0.25, 0.3) is 0 Å². The van der Waals surface area contributed by atoms with Crippen LogP contribution in [0.15, 0.2) is 24.8 Å². The van der Waals surface area contributed by atoms with Crippen molar-refractivity contribution in [1.29, 1.82) is 0 Å². The van der Waals surface area contributed by atoms with E-state index in [1.807, 2.05) is 13.0 Å². The van der Waals surface area contributed by atoms with Gasteiger partial charge in [-0.25, -0.2) is 4.98 Å². The fraction of sp³-hybridized carbons (Fsp3) is 0.333. The highest BCUT2D eigenvalue weighted by molar-refractivity contribution is 5.93. The van der Waals surface area contributed by atoms with Crippen molar-refractivity contribution in [3.05, 3.63) is 41.7 Å². The number of hydrogen-bond donors (Lipinski definition) is 2. The Hall–Kier alpha value is -2.24. The van der Waals surface area contributed by atoms with Crippen molar-refractivity contribution < 1.29 is 4.79 Å². The van der Waals surface area contributed by atoms with Crippen LogP contribution in [-0.4, -0.2) is 32.6 Å². The molecule has 0 saturated carbocycles. The molecule has 0 unspecified atom stereocenters. The molecule has 0 bridgehead atoms. The topological polar surface area (TPSA) is 83.6 Å². The quantitative estimate of drug-likeness (QED) is 0.766. The first-order valence-corrected chi connectivity index (χ1v) is 5.80. The average molecular weight is 245 g/mol. The van der Waals surface area contributed by atoms with Gasteiger partial charge in [-0.3, -0.25) is 14.9 Å². The van der Waals surface area contributed by atoms with Gasteiger partial charge in [0.05, 0.1) is 5.56 Å². The monoisotopic (exact) mass is 245 g/mol. The summed E-state index contributed by atoms with van der Waals surface area (Å²) in [4.78, 5) is 19.8. The second kappa shape index (κ2) is 5.90. The molecule has 0 saturated heterocycles. The van der Waals surface area contributed by atoms with E-state index in [1.54, 1.807) is 12.4 Å². The summed E-state index contributed by atoms with van der Waals surface area (Å²) in [6.45, 7) is 2.52. The summed E-state index contributed by atoms with van der Waals surface area (Å²) in [6, 6.07) is 1.82. The maximum Gasteiger partial charge on any atom is 0.252 e. The van der Waals surface area contributed by atoms with Crippen LogP contribution >= 0.6 is 0 Å². The van der Waals surface area contributed by atoms with E-state index in [9.17, 15) is 4.79 Å². The fourth-order valence-corrected chi connectivity index (χ4v) is 1.59. The van der Waals surface area contributed by atoms with Crippen molar-refractivity contribution in [3.8, 4) is 0 Å². The lowest BCUT2D eigenvalue weighted by atomic mass is 10.2. The van der Waals surface area contributed by atoms with Crippen LogP contribution in [0.1, 0.15) is 28.2 Å². The molecule has 0 aliphatic carbocycles. The first kappa shape index (κ1) is 12.2. The first-order valence-electron chi connectivity index (χ1n) is 5.80. The van der Waals surface area contributed by atoms with Crippen LogP contribution in [0, 0.1) is 6.92 Å². The van der Waals surface area contributed by atoms with Crippen LogP contribution in [0.5, 0.6) is 0 Å². The van der Waals surface area contributed by atoms with Gasteiger partial charge in [-0.05, 0) is 25.0 Å². The molecule has 6 heteroatoms. The standard InChI is InChI=1S/C12H15N5O/c1-9-5-10(7-13-6-9)12(18)14-4-2-3-11-15-8-16-17-11/h5-8H,2-4H2,1H3,(H,14,18)(H,15,16,17). The summed E-state index contributed by atoms with van der Waals surface area (Å²) >= 11 is 0. The Bertz CT molecular complexity index is 509. The highest BCUT2D eigenvalue weighted by Gasteiger charge is 2.05. The van der Waals surface area contributed by atoms with Gasteiger partial charge < -0.3 is 5.32 Å². The third kappa shape index (κ3) is 3.38. The van der Waals surface area contributed by atoms with Gasteiger partial charge in [-0.15, -0.1) is 0 Å². The predicted octanol–water partition coefficient (Wildman–Crippen LogP) is 0.871. The molecular formula is C12H15N5O. The van der Waals surface area contributed by atoms with Gasteiger partial charge in [0.1, 0.15) is 12.2 Å². The van der Waals surface area contributed by atoms with Crippen molar-refractivity contribution in [3.63, 3.8) is 0 Å². The van der Waals surface area contributed by atoms with Gasteiger partial charge in [-0.1, -0.05) is 0 Å². The molecule has 0 fully saturated rings. The normalized spacial score (nSPS) is 10.3. The van der Waals surface area contributed by atoms with E-state index in [1.165, 1.54) is 6.33 Å². The zero-order valence-electron chi connectivity index (χ0n) is 10.2. The second-order valence-electron chi connectivity index (χ2n) is 4.04. The van der Waals surface area contributed by atoms with E-state index in [2.05, 4.69) is 25.5 Å². The van der Waals surface area contributed by atoms with Crippen LogP contribution in [0.3, 0.4) is 0 Å². The molecule has 0 spiro atoms. The Labute approximate surface area is 105 Å². The number of aromatic nitrogens is 4. The Morgan fingerprint density at radius 1 is 1.44 bits per heavy atom. The number of amides is 1. The third-order valence-electron chi connectivity index (χ3n) is 2.48. The number of aromatic amines is 1. The highest BCUT2D eigenvalue weighted by Crippen LogP contribution is 2.01. The van der Waals surface area contributed by atoms with Crippen LogP contribution in [0.2, 0.25) is 0 Å². The summed E-state index contributed by atoms with van der Waals surface area (Å²) < 4.78 is 0. The summed E-state index contributed by atoms with van der Waals surface area (Å²) in [7, 11) is 0. The van der Waals surface area contributed by atoms with Crippen molar-refractivity contribution in [2.24, 2.45) is 0 Å². The summed E-state index contributed by atoms with van der Waals surface area (Å²) in [6.07, 6.45) is 6.36. The van der Waals surface area contributed by atoms with Gasteiger partial charge in [0, 0.05) is 25.4 Å². The molecule has 1 amide bonds. The lowest BCUT2D eigenvalue weighted by molar-refractivity contribution is 0.0952. The third-order valence-corrected chi connectivity index (χ3v) is 2.48. The SMILES string of the molecule is Cc1cncc(C(=O)NCCCc2ncn[nH]2)c1. The number of H-pyrrole nitrogens is 1. The Morgan fingerprint density at radius 2 is 2.33 bits per heavy atom. The van der Waals surface area contributed by atoms with E-state index in [4.69, 9.17) is 0 Å². The molecule has 2 aromatic rings. The number of nitrogens with zero attached hydrogens (tertiary/aromatic N) is 3. The number of carbonyl (C=O) groups is 1. The zero-order valence-corrected chi connectivity index (χ0v) is 10.2. The molecule has 2 N–H and O–H groups in total. The second-order valence-corrected chi connectivity index (χ2v) is 4.04. The summed E-state index contributed by atoms with van der Waals surface area (Å²) in [5.74, 6) is 0.741. The van der Waals surface area contributed by atoms with E-state index >= 15 is 0 Å². The highest BCUT2D eigenvalue weighted by atomic mass is 16.1. The smallest absolute Gasteiger partial charge is 0.252 e. The largest absolute Gasteiger partial charge is 0.352 e. The molecule has 94 valence electrons. The van der Waals surface area contributed by atoms with Crippen LogP contribution in [-0.2, 0) is 6.42 Å². The van der Waals surface area contributed by atoms with Crippen molar-refractivity contribution in [2.45, 2.75) is 19.8 Å². The minimum Gasteiger partial charge on any atom is -0.352 e. The van der Waals surface area contributed by atoms with E-state index in [0.717, 1.165) is 24.2 Å². The van der Waals surface area contributed by atoms with E-state index in [-0.39, 0.29) is 5.91 Å². The maximum atomic E-state index is 11.8. The number of nitrogens with one attached hydrogen (secondary N) is 2. The van der Waals surface area contributed by atoms with E-state index in [0.29, 0.717) is 12.1 Å². The molecular weight excluding hydrogens is 230 g/mol. The number of hydrogen-bond acceptors (Lipinski definition) is 4. The lowest BCUT2D eigenvalue weighted by Gasteiger charge is -2.04. The average Bonchev–Trinajstić information content (AvgIpc) is 2.87. The molecule has 0 atom stereocenters. The van der Waals surface area contributed by atoms with Gasteiger partial charge in [0.25, 0.3) is 5.91 Å². The predicted molar refractivity (Wildman–Crippen MR) is 66.0 cm³/mol. The molecule has 0 aliphatic heterocycles. The molecule has 2 rings (SSSR count). The van der Waals surface area contributed by atoms with Gasteiger partial charge >= 0.3 is 0 Å². The van der Waals surface area contributed by atoms with Crippen molar-refractivity contribution in [2.75, 3.05) is 6.54 Å². The van der Waals surface area contributed by atoms with E-state index < -0.39 is 0 Å². The Balaban J connectivity index is 1.75. The van der Waals surface area contributed by atoms with Gasteiger partial charge in [0.15, 0.2) is 0 Å². The number of pyridine rings is 1. The first-order chi connectivity index (χ1) is 8.75. The summed E-state index contributed by atoms with van der Waals surface area (Å²) in [5.41, 5.74) is 1.57. The minimum atomic E-state index is -0.0937. The lowest BCUT2D eigenvalue weighted by Crippen LogP contribution is -2.25. The molecule has 6 nitrogen and oxygen atoms in total. The van der Waals surface area contributed by atoms with Crippen LogP contribution < -0.4 is 5.32 Å². The molecule has 0 aliphatic rings. The number of rotatable bonds is 5. The zero-order chi connectivity index (χ0) is 12.8. The number of aryl methyl sites for hydroxylation is 2. The molecule has 2 aromatic heterocycles. The fourth-order valence-electron chi connectivity index (χ4n) is 1.59. The van der Waals surface area contributed by atoms with Crippen molar-refractivity contribution in [1.82, 2.24) is 25.5 Å². The number of carbonyl (C=O) groups excluding carboxylic acids is 1. The Morgan fingerprint density at radius 3 is 3.06 bits per heavy atom. The Kier molecular flexibility index (Phi) is 4.01. The minimum absolute atomic E-state index is 0.0937. The molecule has 0 aromatic carbocycles. The molecule has 18 heavy (non-hydrogen) atoms. The maximum absolute atomic E-state index is 11.8. The van der Waals surface area contributed by atoms with Gasteiger partial charge in [-0.2, -0.15) is 5.10 Å². The van der Waals surface area contributed by atoms with Crippen molar-refractivity contribution >= 4 is 5.91 Å². The molecule has 2 heterocycles. The van der Waals surface area contributed by atoms with Crippen LogP contribution in [0.4, 0.5) is 0 Å². The molecule has 0 radical (unpaired) electrons.